The summed E-state index contributed by atoms with van der Waals surface area (Å²) in [7, 11) is 3.10. The number of unbranched alkanes of at least 4 members (excludes halogenated alkanes) is 1. The normalized spacial score (nSPS) is 16.5. The van der Waals surface area contributed by atoms with E-state index in [1.54, 1.807) is 14.2 Å². The van der Waals surface area contributed by atoms with Crippen molar-refractivity contribution in [2.45, 2.75) is 61.0 Å². The predicted molar refractivity (Wildman–Crippen MR) is 157 cm³/mol. The number of aromatic nitrogens is 4. The van der Waals surface area contributed by atoms with E-state index >= 15 is 0 Å². The molecule has 4 N–H and O–H groups in total. The smallest absolute Gasteiger partial charge is 0.248 e. The number of nitrogens with one attached hydrogen (secondary N) is 2. The maximum absolute atomic E-state index is 11.7. The number of piperazine rings is 1. The molecule has 0 unspecified atom stereocenters. The van der Waals surface area contributed by atoms with Crippen molar-refractivity contribution in [3.05, 3.63) is 18.7 Å². The van der Waals surface area contributed by atoms with Crippen LogP contribution in [-0.4, -0.2) is 90.3 Å². The van der Waals surface area contributed by atoms with Gasteiger partial charge >= 0.3 is 0 Å². The number of nitrogen functional groups attached to an aromatic ring is 1. The first-order chi connectivity index (χ1) is 19.5. The molecular weight excluding hydrogens is 530 g/mol. The van der Waals surface area contributed by atoms with E-state index in [0.717, 1.165) is 63.1 Å². The number of hydrogen-bond donors (Lipinski definition) is 3. The number of hydrogen-bond acceptors (Lipinski definition) is 12. The summed E-state index contributed by atoms with van der Waals surface area (Å²) in [5.74, 6) is 1.31. The van der Waals surface area contributed by atoms with Gasteiger partial charge in [-0.2, -0.15) is 9.97 Å². The molecule has 2 aromatic heterocycles. The highest BCUT2D eigenvalue weighted by Crippen LogP contribution is 2.40. The highest BCUT2D eigenvalue weighted by Gasteiger charge is 2.24. The van der Waals surface area contributed by atoms with E-state index in [4.69, 9.17) is 15.2 Å². The fourth-order valence-corrected chi connectivity index (χ4v) is 5.88. The summed E-state index contributed by atoms with van der Waals surface area (Å²) in [5.41, 5.74) is 5.93. The largest absolute Gasteiger partial charge is 0.480 e. The Hall–Kier alpha value is -3.16. The second-order valence-corrected chi connectivity index (χ2v) is 10.9. The van der Waals surface area contributed by atoms with Crippen LogP contribution in [0.1, 0.15) is 44.9 Å². The lowest BCUT2D eigenvalue weighted by Crippen LogP contribution is -2.47. The highest BCUT2D eigenvalue weighted by atomic mass is 32.2. The third-order valence-electron chi connectivity index (χ3n) is 7.13. The Balaban J connectivity index is 1.33. The quantitative estimate of drug-likeness (QED) is 0.185. The third-order valence-corrected chi connectivity index (χ3v) is 8.05. The second kappa shape index (κ2) is 15.0. The zero-order valence-corrected chi connectivity index (χ0v) is 24.3. The number of ether oxygens (including phenoxy) is 2. The highest BCUT2D eigenvalue weighted by molar-refractivity contribution is 7.99. The van der Waals surface area contributed by atoms with Crippen LogP contribution in [0.3, 0.4) is 0 Å². The van der Waals surface area contributed by atoms with Crippen molar-refractivity contribution in [3.8, 4) is 11.8 Å². The maximum Gasteiger partial charge on any atom is 0.248 e. The third kappa shape index (κ3) is 8.42. The molecule has 1 aliphatic heterocycles. The standard InChI is InChI=1S/C27H41N9O3S/c1-4-22(37)31-21-18-20(28)30-27(32-21)40-23-24(38-2)33-26(34-25(23)39-3)36-16-14-35(15-17-36)13-9-8-12-29-19-10-6-5-7-11-19/h4,18-19,29H,1,5-17H2,2-3H3,(H3,28,30,31,32,37). The minimum Gasteiger partial charge on any atom is -0.480 e. The van der Waals surface area contributed by atoms with E-state index in [9.17, 15) is 4.79 Å². The zero-order valence-electron chi connectivity index (χ0n) is 23.5. The average Bonchev–Trinajstić information content (AvgIpc) is 2.97. The molecule has 1 aliphatic carbocycles. The minimum absolute atomic E-state index is 0.200. The fourth-order valence-electron chi connectivity index (χ4n) is 4.97. The fraction of sp³-hybridized carbons (Fsp3) is 0.593. The molecular formula is C27H41N9O3S. The first-order valence-electron chi connectivity index (χ1n) is 14.0. The number of nitrogens with zero attached hydrogens (tertiary/aromatic N) is 6. The monoisotopic (exact) mass is 571 g/mol. The van der Waals surface area contributed by atoms with Crippen LogP contribution in [0.4, 0.5) is 17.6 Å². The Morgan fingerprint density at radius 3 is 2.42 bits per heavy atom. The number of rotatable bonds is 13. The first kappa shape index (κ1) is 29.8. The van der Waals surface area contributed by atoms with Gasteiger partial charge < -0.3 is 30.7 Å². The summed E-state index contributed by atoms with van der Waals surface area (Å²) in [4.78, 5) is 34.8. The van der Waals surface area contributed by atoms with E-state index < -0.39 is 5.91 Å². The minimum atomic E-state index is -0.399. The second-order valence-electron chi connectivity index (χ2n) is 9.95. The van der Waals surface area contributed by atoms with Crippen LogP contribution in [0, 0.1) is 0 Å². The molecule has 2 fully saturated rings. The molecule has 0 atom stereocenters. The Labute approximate surface area is 240 Å². The van der Waals surface area contributed by atoms with Gasteiger partial charge in [-0.15, -0.1) is 0 Å². The molecule has 2 aliphatic rings. The van der Waals surface area contributed by atoms with Crippen LogP contribution in [0.15, 0.2) is 28.8 Å². The van der Waals surface area contributed by atoms with Gasteiger partial charge in [0.2, 0.25) is 23.6 Å². The molecule has 0 spiro atoms. The zero-order chi connectivity index (χ0) is 28.3. The molecule has 0 radical (unpaired) electrons. The summed E-state index contributed by atoms with van der Waals surface area (Å²) < 4.78 is 11.2. The molecule has 0 aromatic carbocycles. The van der Waals surface area contributed by atoms with E-state index in [0.29, 0.717) is 22.6 Å². The van der Waals surface area contributed by atoms with Crippen molar-refractivity contribution in [1.82, 2.24) is 30.2 Å². The SMILES string of the molecule is C=CC(=O)Nc1cc(N)nc(Sc2c(OC)nc(N3CCN(CCCCNC4CCCCC4)CC3)nc2OC)n1. The molecule has 1 amide bonds. The molecule has 13 heteroatoms. The van der Waals surface area contributed by atoms with Crippen molar-refractivity contribution in [3.63, 3.8) is 0 Å². The Morgan fingerprint density at radius 2 is 1.77 bits per heavy atom. The summed E-state index contributed by atoms with van der Waals surface area (Å²) in [5, 5.41) is 6.62. The number of anilines is 3. The molecule has 1 saturated heterocycles. The molecule has 1 saturated carbocycles. The van der Waals surface area contributed by atoms with Crippen molar-refractivity contribution in [2.75, 3.05) is 69.4 Å². The van der Waals surface area contributed by atoms with E-state index in [1.165, 1.54) is 51.0 Å². The Morgan fingerprint density at radius 1 is 1.07 bits per heavy atom. The predicted octanol–water partition coefficient (Wildman–Crippen LogP) is 2.97. The van der Waals surface area contributed by atoms with Gasteiger partial charge in [0, 0.05) is 38.3 Å². The first-order valence-corrected chi connectivity index (χ1v) is 14.8. The van der Waals surface area contributed by atoms with Crippen LogP contribution in [0.5, 0.6) is 11.8 Å². The molecule has 3 heterocycles. The van der Waals surface area contributed by atoms with Gasteiger partial charge in [0.1, 0.15) is 16.5 Å². The molecule has 40 heavy (non-hydrogen) atoms. The van der Waals surface area contributed by atoms with Gasteiger partial charge in [0.25, 0.3) is 0 Å². The van der Waals surface area contributed by atoms with Gasteiger partial charge in [-0.05, 0) is 56.6 Å². The lowest BCUT2D eigenvalue weighted by molar-refractivity contribution is -0.111. The van der Waals surface area contributed by atoms with Crippen LogP contribution in [-0.2, 0) is 4.79 Å². The number of nitrogens with two attached hydrogens (primary N) is 1. The molecule has 2 aromatic rings. The van der Waals surface area contributed by atoms with E-state index in [1.807, 2.05) is 0 Å². The van der Waals surface area contributed by atoms with Crippen molar-refractivity contribution >= 4 is 35.3 Å². The summed E-state index contributed by atoms with van der Waals surface area (Å²) >= 11 is 1.14. The van der Waals surface area contributed by atoms with Crippen molar-refractivity contribution < 1.29 is 14.3 Å². The van der Waals surface area contributed by atoms with Gasteiger partial charge in [-0.25, -0.2) is 9.97 Å². The summed E-state index contributed by atoms with van der Waals surface area (Å²) in [6, 6.07) is 2.20. The van der Waals surface area contributed by atoms with Crippen LogP contribution >= 0.6 is 11.8 Å². The Kier molecular flexibility index (Phi) is 11.2. The lowest BCUT2D eigenvalue weighted by atomic mass is 9.95. The van der Waals surface area contributed by atoms with Crippen LogP contribution < -0.4 is 30.7 Å². The summed E-state index contributed by atoms with van der Waals surface area (Å²) in [6.45, 7) is 9.24. The molecule has 218 valence electrons. The number of amides is 1. The average molecular weight is 572 g/mol. The van der Waals surface area contributed by atoms with E-state index in [2.05, 4.69) is 46.9 Å². The Bertz CT molecular complexity index is 1110. The van der Waals surface area contributed by atoms with E-state index in [-0.39, 0.29) is 16.8 Å². The van der Waals surface area contributed by atoms with Crippen LogP contribution in [0.25, 0.3) is 0 Å². The van der Waals surface area contributed by atoms with Crippen LogP contribution in [0.2, 0.25) is 0 Å². The lowest BCUT2D eigenvalue weighted by Gasteiger charge is -2.35. The molecule has 12 nitrogen and oxygen atoms in total. The van der Waals surface area contributed by atoms with Gasteiger partial charge in [-0.3, -0.25) is 9.69 Å². The van der Waals surface area contributed by atoms with Gasteiger partial charge in [0.05, 0.1) is 14.2 Å². The number of carbonyl (C=O) groups is 1. The molecule has 4 rings (SSSR count). The maximum atomic E-state index is 11.7. The van der Waals surface area contributed by atoms with Crippen molar-refractivity contribution in [1.29, 1.82) is 0 Å². The summed E-state index contributed by atoms with van der Waals surface area (Å²) in [6.07, 6.45) is 10.4. The number of methoxy groups -OCH3 is 2. The number of carbonyl (C=O) groups excluding carboxylic acids is 1. The van der Waals surface area contributed by atoms with Gasteiger partial charge in [0.15, 0.2) is 5.16 Å². The topological polar surface area (TPSA) is 144 Å². The van der Waals surface area contributed by atoms with Gasteiger partial charge in [-0.1, -0.05) is 25.8 Å². The van der Waals surface area contributed by atoms with Crippen molar-refractivity contribution in [2.24, 2.45) is 0 Å². The molecule has 0 bridgehead atoms.